The Balaban J connectivity index is 1.87. The zero-order chi connectivity index (χ0) is 22.9. The Morgan fingerprint density at radius 3 is 2.25 bits per heavy atom. The Kier molecular flexibility index (Phi) is 7.91. The summed E-state index contributed by atoms with van der Waals surface area (Å²) < 4.78 is 33.0. The second-order valence-corrected chi connectivity index (χ2v) is 7.18. The number of rotatable bonds is 9. The van der Waals surface area contributed by atoms with Gasteiger partial charge < -0.3 is 15.0 Å². The quantitative estimate of drug-likeness (QED) is 0.554. The molecule has 0 fully saturated rings. The monoisotopic (exact) mass is 438 g/mol. The van der Waals surface area contributed by atoms with Crippen LogP contribution in [0.4, 0.5) is 8.78 Å². The number of hydrogen-bond acceptors (Lipinski definition) is 3. The number of carbonyl (C=O) groups excluding carboxylic acids is 2. The molecule has 0 aromatic heterocycles. The van der Waals surface area contributed by atoms with Gasteiger partial charge in [-0.3, -0.25) is 9.59 Å². The third-order valence-corrected chi connectivity index (χ3v) is 4.99. The van der Waals surface area contributed by atoms with Crippen molar-refractivity contribution in [3.05, 3.63) is 102 Å². The predicted molar refractivity (Wildman–Crippen MR) is 117 cm³/mol. The van der Waals surface area contributed by atoms with E-state index >= 15 is 0 Å². The van der Waals surface area contributed by atoms with Crippen LogP contribution in [0.1, 0.15) is 11.1 Å². The molecule has 0 spiro atoms. The first kappa shape index (κ1) is 22.9. The molecule has 0 aliphatic heterocycles. The normalized spacial score (nSPS) is 11.5. The van der Waals surface area contributed by atoms with Crippen molar-refractivity contribution in [2.75, 3.05) is 13.7 Å². The number of halogens is 2. The fourth-order valence-corrected chi connectivity index (χ4v) is 3.29. The van der Waals surface area contributed by atoms with Crippen LogP contribution in [0, 0.1) is 11.6 Å². The zero-order valence-corrected chi connectivity index (χ0v) is 17.6. The lowest BCUT2D eigenvalue weighted by molar-refractivity contribution is -0.142. The van der Waals surface area contributed by atoms with Gasteiger partial charge >= 0.3 is 0 Å². The molecule has 0 saturated carbocycles. The van der Waals surface area contributed by atoms with Gasteiger partial charge in [0.1, 0.15) is 23.4 Å². The molecule has 1 atom stereocenters. The van der Waals surface area contributed by atoms with Gasteiger partial charge in [-0.05, 0) is 35.9 Å². The van der Waals surface area contributed by atoms with E-state index in [0.717, 1.165) is 5.56 Å². The molecule has 0 unspecified atom stereocenters. The van der Waals surface area contributed by atoms with Gasteiger partial charge in [-0.15, -0.1) is 0 Å². The SMILES string of the molecule is CNC(=O)[C@@H](Cc1ccccc1)N(Cc1ccccc1F)C(=O)COc1ccc(F)cc1. The molecule has 0 aliphatic rings. The van der Waals surface area contributed by atoms with E-state index in [1.165, 1.54) is 42.3 Å². The maximum atomic E-state index is 14.4. The molecule has 7 heteroatoms. The highest BCUT2D eigenvalue weighted by atomic mass is 19.1. The Hall–Kier alpha value is -3.74. The predicted octanol–water partition coefficient (Wildman–Crippen LogP) is 3.73. The van der Waals surface area contributed by atoms with E-state index < -0.39 is 23.6 Å². The van der Waals surface area contributed by atoms with Crippen molar-refractivity contribution in [3.63, 3.8) is 0 Å². The summed E-state index contributed by atoms with van der Waals surface area (Å²) in [5, 5.41) is 2.59. The van der Waals surface area contributed by atoms with E-state index in [-0.39, 0.29) is 31.0 Å². The van der Waals surface area contributed by atoms with Crippen LogP contribution in [-0.4, -0.2) is 36.4 Å². The first-order valence-corrected chi connectivity index (χ1v) is 10.1. The molecule has 166 valence electrons. The lowest BCUT2D eigenvalue weighted by Gasteiger charge is -2.31. The van der Waals surface area contributed by atoms with Gasteiger partial charge in [0.25, 0.3) is 5.91 Å². The van der Waals surface area contributed by atoms with Gasteiger partial charge in [0.2, 0.25) is 5.91 Å². The van der Waals surface area contributed by atoms with Crippen LogP contribution in [0.5, 0.6) is 5.75 Å². The van der Waals surface area contributed by atoms with Crippen molar-refractivity contribution < 1.29 is 23.1 Å². The summed E-state index contributed by atoms with van der Waals surface area (Å²) >= 11 is 0. The van der Waals surface area contributed by atoms with Crippen molar-refractivity contribution in [1.29, 1.82) is 0 Å². The lowest BCUT2D eigenvalue weighted by atomic mass is 10.0. The van der Waals surface area contributed by atoms with Gasteiger partial charge in [-0.25, -0.2) is 8.78 Å². The van der Waals surface area contributed by atoms with E-state index in [1.54, 1.807) is 18.2 Å². The smallest absolute Gasteiger partial charge is 0.261 e. The third-order valence-electron chi connectivity index (χ3n) is 4.99. The van der Waals surface area contributed by atoms with Crippen LogP contribution in [0.2, 0.25) is 0 Å². The second-order valence-electron chi connectivity index (χ2n) is 7.18. The summed E-state index contributed by atoms with van der Waals surface area (Å²) in [6, 6.07) is 19.7. The molecule has 0 radical (unpaired) electrons. The minimum atomic E-state index is -0.883. The summed E-state index contributed by atoms with van der Waals surface area (Å²) in [6.07, 6.45) is 0.247. The van der Waals surface area contributed by atoms with Crippen LogP contribution < -0.4 is 10.1 Å². The van der Waals surface area contributed by atoms with Crippen LogP contribution in [0.3, 0.4) is 0 Å². The first-order valence-electron chi connectivity index (χ1n) is 10.1. The van der Waals surface area contributed by atoms with Gasteiger partial charge in [0, 0.05) is 25.6 Å². The number of ether oxygens (including phenoxy) is 1. The van der Waals surface area contributed by atoms with Gasteiger partial charge in [-0.1, -0.05) is 48.5 Å². The Morgan fingerprint density at radius 1 is 0.938 bits per heavy atom. The summed E-state index contributed by atoms with van der Waals surface area (Å²) in [5.41, 5.74) is 1.14. The van der Waals surface area contributed by atoms with E-state index in [2.05, 4.69) is 5.32 Å². The van der Waals surface area contributed by atoms with Gasteiger partial charge in [-0.2, -0.15) is 0 Å². The molecular formula is C25H24F2N2O3. The number of carbonyl (C=O) groups is 2. The molecule has 2 amide bonds. The van der Waals surface area contributed by atoms with Crippen LogP contribution in [-0.2, 0) is 22.6 Å². The van der Waals surface area contributed by atoms with Crippen molar-refractivity contribution in [3.8, 4) is 5.75 Å². The first-order chi connectivity index (χ1) is 15.5. The number of amides is 2. The molecule has 0 heterocycles. The van der Waals surface area contributed by atoms with Gasteiger partial charge in [0.15, 0.2) is 6.61 Å². The number of hydrogen-bond donors (Lipinski definition) is 1. The fourth-order valence-electron chi connectivity index (χ4n) is 3.29. The molecule has 0 bridgehead atoms. The maximum Gasteiger partial charge on any atom is 0.261 e. The van der Waals surface area contributed by atoms with Crippen molar-refractivity contribution in [1.82, 2.24) is 10.2 Å². The molecule has 3 aromatic carbocycles. The highest BCUT2D eigenvalue weighted by Gasteiger charge is 2.30. The fraction of sp³-hybridized carbons (Fsp3) is 0.200. The number of likely N-dealkylation sites (N-methyl/N-ethyl adjacent to an activating group) is 1. The summed E-state index contributed by atoms with van der Waals surface area (Å²) in [7, 11) is 1.49. The van der Waals surface area contributed by atoms with E-state index in [1.807, 2.05) is 30.3 Å². The van der Waals surface area contributed by atoms with Crippen LogP contribution in [0.15, 0.2) is 78.9 Å². The average molecular weight is 438 g/mol. The lowest BCUT2D eigenvalue weighted by Crippen LogP contribution is -2.51. The highest BCUT2D eigenvalue weighted by Crippen LogP contribution is 2.18. The minimum Gasteiger partial charge on any atom is -0.484 e. The van der Waals surface area contributed by atoms with E-state index in [0.29, 0.717) is 5.75 Å². The Labute approximate surface area is 185 Å². The van der Waals surface area contributed by atoms with Gasteiger partial charge in [0.05, 0.1) is 0 Å². The number of nitrogens with zero attached hydrogens (tertiary/aromatic N) is 1. The molecule has 0 saturated heterocycles. The number of benzene rings is 3. The molecule has 32 heavy (non-hydrogen) atoms. The molecule has 3 rings (SSSR count). The largest absolute Gasteiger partial charge is 0.484 e. The summed E-state index contributed by atoms with van der Waals surface area (Å²) in [6.45, 7) is -0.494. The molecule has 0 aliphatic carbocycles. The second kappa shape index (κ2) is 11.0. The molecule has 3 aromatic rings. The number of nitrogens with one attached hydrogen (secondary N) is 1. The van der Waals surface area contributed by atoms with Crippen molar-refractivity contribution >= 4 is 11.8 Å². The van der Waals surface area contributed by atoms with Crippen molar-refractivity contribution in [2.24, 2.45) is 0 Å². The van der Waals surface area contributed by atoms with Crippen LogP contribution in [0.25, 0.3) is 0 Å². The molecule has 1 N–H and O–H groups in total. The van der Waals surface area contributed by atoms with E-state index in [4.69, 9.17) is 4.74 Å². The van der Waals surface area contributed by atoms with Crippen molar-refractivity contribution in [2.45, 2.75) is 19.0 Å². The average Bonchev–Trinajstić information content (AvgIpc) is 2.82. The van der Waals surface area contributed by atoms with Crippen LogP contribution >= 0.6 is 0 Å². The third kappa shape index (κ3) is 6.14. The maximum absolute atomic E-state index is 14.4. The summed E-state index contributed by atoms with van der Waals surface area (Å²) in [4.78, 5) is 27.3. The Bertz CT molecular complexity index is 1040. The Morgan fingerprint density at radius 2 is 1.59 bits per heavy atom. The summed E-state index contributed by atoms with van der Waals surface area (Å²) in [5.74, 6) is -1.46. The minimum absolute atomic E-state index is 0.108. The zero-order valence-electron chi connectivity index (χ0n) is 17.6. The standard InChI is InChI=1S/C25H24F2N2O3/c1-28-25(31)23(15-18-7-3-2-4-8-18)29(16-19-9-5-6-10-22(19)27)24(30)17-32-21-13-11-20(26)12-14-21/h2-14,23H,15-17H2,1H3,(H,28,31)/t23-/m1/s1. The molecule has 5 nitrogen and oxygen atoms in total. The molecular weight excluding hydrogens is 414 g/mol. The van der Waals surface area contributed by atoms with E-state index in [9.17, 15) is 18.4 Å². The highest BCUT2D eigenvalue weighted by molar-refractivity contribution is 5.88. The topological polar surface area (TPSA) is 58.6 Å².